The lowest BCUT2D eigenvalue weighted by Gasteiger charge is -1.82. The number of nitriles is 1. The number of nitrogens with two attached hydrogens (primary N) is 1. The molecule has 0 aliphatic carbocycles. The van der Waals surface area contributed by atoms with Crippen molar-refractivity contribution in [1.29, 1.82) is 10.7 Å². The molecule has 0 unspecified atom stereocenters. The smallest absolute Gasteiger partial charge is 0.158 e. The summed E-state index contributed by atoms with van der Waals surface area (Å²) in [6.07, 6.45) is 4.41. The lowest BCUT2D eigenvalue weighted by molar-refractivity contribution is 1.25. The molecule has 0 amide bonds. The van der Waals surface area contributed by atoms with Crippen molar-refractivity contribution in [3.8, 4) is 6.07 Å². The predicted molar refractivity (Wildman–Crippen MR) is 44.3 cm³/mol. The minimum Gasteiger partial charge on any atom is -0.384 e. The molecule has 1 rings (SSSR count). The molecule has 0 radical (unpaired) electrons. The highest BCUT2D eigenvalue weighted by Crippen LogP contribution is 1.96. The second kappa shape index (κ2) is 3.34. The van der Waals surface area contributed by atoms with Gasteiger partial charge in [0.05, 0.1) is 0 Å². The molecular formula is C7H7N5. The number of nitrogens with one attached hydrogen (secondary N) is 2. The quantitative estimate of drug-likeness (QED) is 0.427. The standard InChI is InChI=1S/C7H7N5/c8-3-5-4-11-7(12-5)2-1-6(9)10/h1-2,4H,(H3,9,10)(H,11,12)/b2-1-. The summed E-state index contributed by atoms with van der Waals surface area (Å²) < 4.78 is 0. The number of aromatic nitrogens is 2. The molecule has 0 fully saturated rings. The number of nitrogens with zero attached hydrogens (tertiary/aromatic N) is 2. The Labute approximate surface area is 69.0 Å². The molecule has 0 saturated heterocycles. The van der Waals surface area contributed by atoms with Gasteiger partial charge >= 0.3 is 0 Å². The molecule has 12 heavy (non-hydrogen) atoms. The van der Waals surface area contributed by atoms with E-state index >= 15 is 0 Å². The molecule has 1 aromatic rings. The summed E-state index contributed by atoms with van der Waals surface area (Å²) in [6, 6.07) is 1.87. The molecule has 1 aromatic heterocycles. The van der Waals surface area contributed by atoms with Gasteiger partial charge in [-0.1, -0.05) is 0 Å². The molecule has 0 aromatic carbocycles. The van der Waals surface area contributed by atoms with Crippen molar-refractivity contribution in [3.05, 3.63) is 23.8 Å². The Morgan fingerprint density at radius 3 is 3.08 bits per heavy atom. The zero-order valence-corrected chi connectivity index (χ0v) is 6.20. The number of hydrogen-bond acceptors (Lipinski definition) is 3. The van der Waals surface area contributed by atoms with Crippen molar-refractivity contribution < 1.29 is 0 Å². The number of amidine groups is 1. The third kappa shape index (κ3) is 1.95. The Kier molecular flexibility index (Phi) is 2.23. The van der Waals surface area contributed by atoms with Crippen molar-refractivity contribution in [1.82, 2.24) is 9.97 Å². The first-order chi connectivity index (χ1) is 5.72. The van der Waals surface area contributed by atoms with Gasteiger partial charge in [-0.2, -0.15) is 5.26 Å². The summed E-state index contributed by atoms with van der Waals surface area (Å²) in [5.74, 6) is 0.464. The van der Waals surface area contributed by atoms with E-state index in [4.69, 9.17) is 16.4 Å². The second-order valence-electron chi connectivity index (χ2n) is 2.07. The van der Waals surface area contributed by atoms with E-state index in [-0.39, 0.29) is 5.84 Å². The molecule has 0 spiro atoms. The maximum atomic E-state index is 8.40. The number of H-pyrrole nitrogens is 1. The van der Waals surface area contributed by atoms with Crippen LogP contribution in [0, 0.1) is 16.7 Å². The van der Waals surface area contributed by atoms with Gasteiger partial charge in [-0.15, -0.1) is 0 Å². The van der Waals surface area contributed by atoms with Crippen LogP contribution in [-0.4, -0.2) is 15.8 Å². The van der Waals surface area contributed by atoms with Gasteiger partial charge in [0.25, 0.3) is 0 Å². The van der Waals surface area contributed by atoms with Crippen molar-refractivity contribution >= 4 is 11.9 Å². The Balaban J connectivity index is 2.78. The predicted octanol–water partition coefficient (Wildman–Crippen LogP) is 0.231. The van der Waals surface area contributed by atoms with Crippen LogP contribution in [0.25, 0.3) is 6.08 Å². The fourth-order valence-corrected chi connectivity index (χ4v) is 0.648. The highest BCUT2D eigenvalue weighted by molar-refractivity contribution is 5.92. The van der Waals surface area contributed by atoms with Crippen LogP contribution < -0.4 is 5.73 Å². The average Bonchev–Trinajstić information content (AvgIpc) is 2.48. The number of rotatable bonds is 2. The molecule has 0 atom stereocenters. The van der Waals surface area contributed by atoms with Crippen molar-refractivity contribution in [2.24, 2.45) is 5.73 Å². The van der Waals surface area contributed by atoms with E-state index in [9.17, 15) is 0 Å². The highest BCUT2D eigenvalue weighted by atomic mass is 14.9. The molecular weight excluding hydrogens is 154 g/mol. The van der Waals surface area contributed by atoms with Crippen LogP contribution in [-0.2, 0) is 0 Å². The van der Waals surface area contributed by atoms with Crippen LogP contribution >= 0.6 is 0 Å². The van der Waals surface area contributed by atoms with Gasteiger partial charge in [-0.25, -0.2) is 4.98 Å². The van der Waals surface area contributed by atoms with E-state index in [1.54, 1.807) is 0 Å². The van der Waals surface area contributed by atoms with E-state index in [2.05, 4.69) is 9.97 Å². The number of imidazole rings is 1. The van der Waals surface area contributed by atoms with Crippen LogP contribution in [0.3, 0.4) is 0 Å². The molecule has 4 N–H and O–H groups in total. The van der Waals surface area contributed by atoms with E-state index in [1.165, 1.54) is 18.3 Å². The van der Waals surface area contributed by atoms with Crippen LogP contribution in [0.4, 0.5) is 0 Å². The van der Waals surface area contributed by atoms with Gasteiger partial charge in [0.15, 0.2) is 5.69 Å². The fourth-order valence-electron chi connectivity index (χ4n) is 0.648. The fraction of sp³-hybridized carbons (Fsp3) is 0. The maximum Gasteiger partial charge on any atom is 0.158 e. The first-order valence-electron chi connectivity index (χ1n) is 3.20. The van der Waals surface area contributed by atoms with Crippen LogP contribution in [0.1, 0.15) is 11.5 Å². The molecule has 0 aliphatic rings. The Morgan fingerprint density at radius 1 is 1.83 bits per heavy atom. The third-order valence-electron chi connectivity index (χ3n) is 1.13. The normalized spacial score (nSPS) is 9.92. The van der Waals surface area contributed by atoms with Gasteiger partial charge in [-0.05, 0) is 12.2 Å². The van der Waals surface area contributed by atoms with Crippen molar-refractivity contribution in [3.63, 3.8) is 0 Å². The lowest BCUT2D eigenvalue weighted by atomic mass is 10.4. The lowest BCUT2D eigenvalue weighted by Crippen LogP contribution is -2.03. The summed E-state index contributed by atoms with van der Waals surface area (Å²) in [4.78, 5) is 6.58. The molecule has 5 heteroatoms. The Morgan fingerprint density at radius 2 is 2.58 bits per heavy atom. The van der Waals surface area contributed by atoms with Crippen LogP contribution in [0.15, 0.2) is 12.3 Å². The van der Waals surface area contributed by atoms with Crippen molar-refractivity contribution in [2.45, 2.75) is 0 Å². The summed E-state index contributed by atoms with van der Waals surface area (Å²) in [5, 5.41) is 15.3. The zero-order chi connectivity index (χ0) is 8.97. The molecule has 1 heterocycles. The minimum absolute atomic E-state index is 0.0510. The maximum absolute atomic E-state index is 8.40. The topological polar surface area (TPSA) is 102 Å². The van der Waals surface area contributed by atoms with Crippen LogP contribution in [0.2, 0.25) is 0 Å². The molecule has 0 saturated carbocycles. The SMILES string of the molecule is N#Cc1c[nH]c(/C=C\C(=N)N)n1. The minimum atomic E-state index is -0.0510. The molecule has 0 aliphatic heterocycles. The molecule has 60 valence electrons. The summed E-state index contributed by atoms with van der Waals surface area (Å²) in [6.45, 7) is 0. The van der Waals surface area contributed by atoms with Gasteiger partial charge in [0.2, 0.25) is 0 Å². The number of aromatic amines is 1. The van der Waals surface area contributed by atoms with E-state index in [0.717, 1.165) is 0 Å². The Hall–Kier alpha value is -2.09. The van der Waals surface area contributed by atoms with E-state index < -0.39 is 0 Å². The highest BCUT2D eigenvalue weighted by Gasteiger charge is 1.94. The first-order valence-corrected chi connectivity index (χ1v) is 3.20. The molecule has 0 bridgehead atoms. The third-order valence-corrected chi connectivity index (χ3v) is 1.13. The van der Waals surface area contributed by atoms with Crippen LogP contribution in [0.5, 0.6) is 0 Å². The van der Waals surface area contributed by atoms with Gasteiger partial charge in [0.1, 0.15) is 17.7 Å². The van der Waals surface area contributed by atoms with Gasteiger partial charge < -0.3 is 10.7 Å². The van der Waals surface area contributed by atoms with Gasteiger partial charge in [-0.3, -0.25) is 5.41 Å². The largest absolute Gasteiger partial charge is 0.384 e. The second-order valence-corrected chi connectivity index (χ2v) is 2.07. The summed E-state index contributed by atoms with van der Waals surface area (Å²) >= 11 is 0. The monoisotopic (exact) mass is 161 g/mol. The number of hydrogen-bond donors (Lipinski definition) is 3. The van der Waals surface area contributed by atoms with E-state index in [1.807, 2.05) is 6.07 Å². The molecule has 5 nitrogen and oxygen atoms in total. The summed E-state index contributed by atoms with van der Waals surface area (Å²) in [7, 11) is 0. The summed E-state index contributed by atoms with van der Waals surface area (Å²) in [5.41, 5.74) is 5.39. The first kappa shape index (κ1) is 8.01. The Bertz CT molecular complexity index is 354. The zero-order valence-electron chi connectivity index (χ0n) is 6.20. The van der Waals surface area contributed by atoms with Crippen molar-refractivity contribution in [2.75, 3.05) is 0 Å². The van der Waals surface area contributed by atoms with Gasteiger partial charge in [0, 0.05) is 6.20 Å². The van der Waals surface area contributed by atoms with E-state index in [0.29, 0.717) is 11.5 Å². The average molecular weight is 161 g/mol.